The number of oxime groups is 1. The van der Waals surface area contributed by atoms with Crippen LogP contribution >= 0.6 is 0 Å². The van der Waals surface area contributed by atoms with Crippen molar-refractivity contribution in [1.29, 1.82) is 0 Å². The number of unbranched alkanes of at least 4 members (excludes halogenated alkanes) is 11. The number of nitrogens with zero attached hydrogens (tertiary/aromatic N) is 3. The zero-order valence-electron chi connectivity index (χ0n) is 40.9. The molecule has 0 spiro atoms. The largest absolute Gasteiger partial charge is 0.487 e. The molecular formula is C54H83N3O8. The quantitative estimate of drug-likeness (QED) is 0.0465. The van der Waals surface area contributed by atoms with Gasteiger partial charge in [0.1, 0.15) is 29.7 Å². The van der Waals surface area contributed by atoms with Crippen molar-refractivity contribution in [3.63, 3.8) is 0 Å². The molecule has 1 saturated carbocycles. The first-order valence-corrected chi connectivity index (χ1v) is 25.3. The maximum absolute atomic E-state index is 14.6. The lowest BCUT2D eigenvalue weighted by Gasteiger charge is -2.60. The van der Waals surface area contributed by atoms with Gasteiger partial charge in [0, 0.05) is 43.4 Å². The van der Waals surface area contributed by atoms with Crippen LogP contribution in [0.5, 0.6) is 11.5 Å². The van der Waals surface area contributed by atoms with Gasteiger partial charge in [-0.3, -0.25) is 9.88 Å². The Balaban J connectivity index is 1.58. The lowest BCUT2D eigenvalue weighted by Crippen LogP contribution is -2.70. The summed E-state index contributed by atoms with van der Waals surface area (Å²) in [6.07, 6.45) is 21.6. The highest BCUT2D eigenvalue weighted by molar-refractivity contribution is 6.03. The van der Waals surface area contributed by atoms with Gasteiger partial charge in [0.15, 0.2) is 0 Å². The lowest BCUT2D eigenvalue weighted by molar-refractivity contribution is -0.255. The molecule has 362 valence electrons. The van der Waals surface area contributed by atoms with E-state index in [0.29, 0.717) is 56.9 Å². The number of carbonyl (C=O) groups is 1. The second kappa shape index (κ2) is 26.4. The molecule has 2 aliphatic carbocycles. The molecule has 1 aromatic carbocycles. The fourth-order valence-corrected chi connectivity index (χ4v) is 10.2. The van der Waals surface area contributed by atoms with Crippen molar-refractivity contribution in [3.8, 4) is 11.5 Å². The van der Waals surface area contributed by atoms with Crippen molar-refractivity contribution in [3.05, 3.63) is 77.7 Å². The van der Waals surface area contributed by atoms with Crippen LogP contribution in [-0.2, 0) is 20.9 Å². The Bertz CT molecular complexity index is 1820. The van der Waals surface area contributed by atoms with Crippen LogP contribution < -0.4 is 9.47 Å². The van der Waals surface area contributed by atoms with E-state index in [0.717, 1.165) is 73.2 Å². The molecule has 0 saturated heterocycles. The number of aromatic nitrogens is 1. The predicted octanol–water partition coefficient (Wildman–Crippen LogP) is 12.2. The molecule has 65 heavy (non-hydrogen) atoms. The molecule has 2 heterocycles. The van der Waals surface area contributed by atoms with Gasteiger partial charge in [0.05, 0.1) is 30.5 Å². The van der Waals surface area contributed by atoms with E-state index >= 15 is 0 Å². The Labute approximate surface area is 391 Å². The fourth-order valence-electron chi connectivity index (χ4n) is 10.2. The van der Waals surface area contributed by atoms with Crippen molar-refractivity contribution in [2.75, 3.05) is 33.0 Å². The van der Waals surface area contributed by atoms with Crippen LogP contribution in [0, 0.1) is 24.7 Å². The molecule has 0 radical (unpaired) electrons. The summed E-state index contributed by atoms with van der Waals surface area (Å²) in [6, 6.07) is 11.4. The summed E-state index contributed by atoms with van der Waals surface area (Å²) in [5.74, 6) is -0.299. The van der Waals surface area contributed by atoms with Crippen molar-refractivity contribution in [1.82, 2.24) is 9.88 Å². The van der Waals surface area contributed by atoms with E-state index in [2.05, 4.69) is 37.6 Å². The summed E-state index contributed by atoms with van der Waals surface area (Å²) >= 11 is 0. The number of fused-ring (bicyclic) bond motifs is 2. The van der Waals surface area contributed by atoms with Crippen molar-refractivity contribution in [2.24, 2.45) is 22.9 Å². The number of hydrogen-bond donors (Lipinski definition) is 2. The molecule has 6 unspecified atom stereocenters. The standard InChI is InChI=1S/C54H83N3O8/c1-8-11-12-13-14-15-16-17-18-23-35-61-52(60)57(31-9-2)49-38-47(56-65-53(5,6)7)45-36-41(26-19-21-32-58)44(28-20-22-33-59)50-46-37-43(62-39-42-27-24-25-40(4)55-42)29-30-48(46)64-54(49,51(45)50)63-34-10-3/h10,24-25,27,29-30,36-37,41,44,49-51,58-59H,3,8-9,11-23,26,28,31-35,38-39H2,1-2,4-7H3. The predicted molar refractivity (Wildman–Crippen MR) is 259 cm³/mol. The normalized spacial score (nSPS) is 22.9. The lowest BCUT2D eigenvalue weighted by atomic mass is 9.55. The first-order valence-electron chi connectivity index (χ1n) is 25.3. The van der Waals surface area contributed by atoms with E-state index in [1.165, 1.54) is 44.9 Å². The van der Waals surface area contributed by atoms with Gasteiger partial charge < -0.3 is 34.0 Å². The van der Waals surface area contributed by atoms with E-state index in [1.54, 1.807) is 6.08 Å². The highest BCUT2D eigenvalue weighted by atomic mass is 16.7. The maximum atomic E-state index is 14.6. The molecule has 1 aliphatic heterocycles. The Morgan fingerprint density at radius 1 is 0.938 bits per heavy atom. The van der Waals surface area contributed by atoms with Gasteiger partial charge >= 0.3 is 6.09 Å². The van der Waals surface area contributed by atoms with E-state index in [1.807, 2.05) is 62.9 Å². The third-order valence-electron chi connectivity index (χ3n) is 13.2. The summed E-state index contributed by atoms with van der Waals surface area (Å²) in [6.45, 7) is 17.9. The fraction of sp³-hybridized carbons (Fsp3) is 0.685. The molecule has 6 atom stereocenters. The number of rotatable bonds is 29. The summed E-state index contributed by atoms with van der Waals surface area (Å²) in [5, 5.41) is 24.9. The molecular weight excluding hydrogens is 819 g/mol. The van der Waals surface area contributed by atoms with Gasteiger partial charge in [-0.1, -0.05) is 108 Å². The first-order chi connectivity index (χ1) is 31.5. The van der Waals surface area contributed by atoms with Crippen molar-refractivity contribution < 1.29 is 38.8 Å². The molecule has 0 bridgehead atoms. The van der Waals surface area contributed by atoms with Crippen molar-refractivity contribution in [2.45, 2.75) is 187 Å². The van der Waals surface area contributed by atoms with Crippen LogP contribution in [0.4, 0.5) is 4.79 Å². The average molecular weight is 902 g/mol. The number of hydrogen-bond acceptors (Lipinski definition) is 10. The van der Waals surface area contributed by atoms with Crippen LogP contribution in [0.3, 0.4) is 0 Å². The Morgan fingerprint density at radius 2 is 1.65 bits per heavy atom. The van der Waals surface area contributed by atoms with Gasteiger partial charge in [-0.2, -0.15) is 0 Å². The molecule has 2 N–H and O–H groups in total. The average Bonchev–Trinajstić information content (AvgIpc) is 3.28. The number of pyridine rings is 1. The number of aryl methyl sites for hydroxylation is 1. The number of allylic oxidation sites excluding steroid dienone is 1. The highest BCUT2D eigenvalue weighted by Gasteiger charge is 2.65. The molecule has 3 aliphatic rings. The Hall–Kier alpha value is -3.93. The molecule has 11 nitrogen and oxygen atoms in total. The Morgan fingerprint density at radius 3 is 2.31 bits per heavy atom. The minimum atomic E-state index is -1.34. The smallest absolute Gasteiger partial charge is 0.410 e. The topological polar surface area (TPSA) is 132 Å². The third kappa shape index (κ3) is 14.5. The van der Waals surface area contributed by atoms with Gasteiger partial charge in [-0.05, 0) is 114 Å². The van der Waals surface area contributed by atoms with Crippen LogP contribution in [0.2, 0.25) is 0 Å². The minimum Gasteiger partial charge on any atom is -0.487 e. The Kier molecular flexibility index (Phi) is 21.2. The number of ether oxygens (including phenoxy) is 4. The van der Waals surface area contributed by atoms with E-state index in [9.17, 15) is 15.0 Å². The molecule has 1 aromatic heterocycles. The number of benzene rings is 1. The van der Waals surface area contributed by atoms with Crippen LogP contribution in [0.25, 0.3) is 0 Å². The molecule has 2 aromatic rings. The third-order valence-corrected chi connectivity index (χ3v) is 13.2. The number of amides is 1. The summed E-state index contributed by atoms with van der Waals surface area (Å²) in [4.78, 5) is 27.4. The number of aliphatic hydroxyl groups is 2. The second-order valence-corrected chi connectivity index (χ2v) is 19.5. The van der Waals surface area contributed by atoms with Gasteiger partial charge in [0.2, 0.25) is 5.79 Å². The molecule has 11 heteroatoms. The zero-order valence-corrected chi connectivity index (χ0v) is 40.9. The molecule has 5 rings (SSSR count). The van der Waals surface area contributed by atoms with Crippen LogP contribution in [-0.4, -0.2) is 82.3 Å². The van der Waals surface area contributed by atoms with E-state index < -0.39 is 23.3 Å². The highest BCUT2D eigenvalue weighted by Crippen LogP contribution is 2.62. The van der Waals surface area contributed by atoms with E-state index in [4.69, 9.17) is 28.9 Å². The molecule has 1 fully saturated rings. The number of carbonyl (C=O) groups excluding carboxylic acids is 1. The summed E-state index contributed by atoms with van der Waals surface area (Å²) in [5.41, 5.74) is 3.99. The van der Waals surface area contributed by atoms with Gasteiger partial charge in [0.25, 0.3) is 0 Å². The minimum absolute atomic E-state index is 0.100. The zero-order chi connectivity index (χ0) is 46.7. The summed E-state index contributed by atoms with van der Waals surface area (Å²) in [7, 11) is 0. The second-order valence-electron chi connectivity index (χ2n) is 19.5. The molecule has 1 amide bonds. The SMILES string of the molecule is C=CCOC12Oc3ccc(OCc4cccc(C)n4)cc3C3C(CCCCO)C(CCCCO)C=C(C(=NOC(C)(C)C)CC1N(CCC)C(=O)OCCCCCCCCCCCC)C32. The van der Waals surface area contributed by atoms with Gasteiger partial charge in [-0.15, -0.1) is 6.58 Å². The van der Waals surface area contributed by atoms with Crippen LogP contribution in [0.15, 0.2) is 65.9 Å². The van der Waals surface area contributed by atoms with Crippen molar-refractivity contribution >= 4 is 11.8 Å². The first kappa shape index (κ1) is 52.0. The number of aliphatic hydroxyl groups excluding tert-OH is 2. The van der Waals surface area contributed by atoms with E-state index in [-0.39, 0.29) is 43.7 Å². The maximum Gasteiger partial charge on any atom is 0.410 e. The van der Waals surface area contributed by atoms with Crippen LogP contribution in [0.1, 0.15) is 173 Å². The van der Waals surface area contributed by atoms with Gasteiger partial charge in [-0.25, -0.2) is 4.79 Å². The summed E-state index contributed by atoms with van der Waals surface area (Å²) < 4.78 is 27.2. The monoisotopic (exact) mass is 902 g/mol.